The molecular formula is C12H8BrCl2N3. The molecule has 0 spiro atoms. The minimum absolute atomic E-state index is 0.426. The molecule has 0 fully saturated rings. The molecule has 1 aromatic heterocycles. The van der Waals surface area contributed by atoms with Crippen molar-refractivity contribution in [2.24, 2.45) is 5.10 Å². The van der Waals surface area contributed by atoms with Crippen LogP contribution in [0.4, 0.5) is 5.82 Å². The molecule has 1 heterocycles. The second-order valence-corrected chi connectivity index (χ2v) is 5.16. The van der Waals surface area contributed by atoms with E-state index < -0.39 is 0 Å². The van der Waals surface area contributed by atoms with Crippen LogP contribution in [-0.4, -0.2) is 11.2 Å². The Labute approximate surface area is 123 Å². The zero-order valence-corrected chi connectivity index (χ0v) is 12.2. The Hall–Kier alpha value is -1.10. The molecule has 2 aromatic rings. The molecule has 0 bridgehead atoms. The minimum Gasteiger partial charge on any atom is -0.260 e. The van der Waals surface area contributed by atoms with Gasteiger partial charge in [-0.25, -0.2) is 4.98 Å². The third kappa shape index (κ3) is 3.70. The molecule has 1 N–H and O–H groups in total. The summed E-state index contributed by atoms with van der Waals surface area (Å²) in [6.45, 7) is 0. The number of halogens is 3. The van der Waals surface area contributed by atoms with Gasteiger partial charge in [0.25, 0.3) is 0 Å². The van der Waals surface area contributed by atoms with Gasteiger partial charge in [0.1, 0.15) is 0 Å². The summed E-state index contributed by atoms with van der Waals surface area (Å²) in [5.41, 5.74) is 3.73. The summed E-state index contributed by atoms with van der Waals surface area (Å²) < 4.78 is 1.02. The first kappa shape index (κ1) is 13.3. The van der Waals surface area contributed by atoms with Crippen LogP contribution in [-0.2, 0) is 0 Å². The first-order valence-electron chi connectivity index (χ1n) is 5.01. The Bertz CT molecular complexity index is 570. The van der Waals surface area contributed by atoms with E-state index in [0.29, 0.717) is 15.9 Å². The fourth-order valence-electron chi connectivity index (χ4n) is 1.21. The van der Waals surface area contributed by atoms with Gasteiger partial charge in [-0.2, -0.15) is 5.10 Å². The van der Waals surface area contributed by atoms with Gasteiger partial charge in [0, 0.05) is 10.7 Å². The van der Waals surface area contributed by atoms with Crippen molar-refractivity contribution in [2.45, 2.75) is 0 Å². The monoisotopic (exact) mass is 343 g/mol. The Morgan fingerprint density at radius 2 is 1.94 bits per heavy atom. The molecule has 0 atom stereocenters. The molecule has 0 saturated carbocycles. The van der Waals surface area contributed by atoms with E-state index >= 15 is 0 Å². The van der Waals surface area contributed by atoms with E-state index in [0.717, 1.165) is 10.0 Å². The molecule has 1 aromatic carbocycles. The van der Waals surface area contributed by atoms with Crippen molar-refractivity contribution in [1.82, 2.24) is 4.98 Å². The molecule has 0 amide bonds. The zero-order chi connectivity index (χ0) is 13.0. The van der Waals surface area contributed by atoms with Crippen molar-refractivity contribution in [3.63, 3.8) is 0 Å². The molecule has 0 aliphatic rings. The van der Waals surface area contributed by atoms with Gasteiger partial charge in [-0.15, -0.1) is 0 Å². The van der Waals surface area contributed by atoms with E-state index in [2.05, 4.69) is 31.4 Å². The maximum absolute atomic E-state index is 5.94. The van der Waals surface area contributed by atoms with Crippen molar-refractivity contribution < 1.29 is 0 Å². The molecule has 0 unspecified atom stereocenters. The average molecular weight is 345 g/mol. The lowest BCUT2D eigenvalue weighted by molar-refractivity contribution is 1.23. The van der Waals surface area contributed by atoms with Crippen molar-refractivity contribution >= 4 is 51.2 Å². The molecular weight excluding hydrogens is 337 g/mol. The Balaban J connectivity index is 2.05. The van der Waals surface area contributed by atoms with Gasteiger partial charge in [-0.05, 0) is 23.8 Å². The second-order valence-electron chi connectivity index (χ2n) is 3.41. The molecule has 18 heavy (non-hydrogen) atoms. The molecule has 0 aliphatic carbocycles. The second kappa shape index (κ2) is 6.18. The smallest absolute Gasteiger partial charge is 0.165 e. The van der Waals surface area contributed by atoms with Crippen LogP contribution in [0.3, 0.4) is 0 Å². The van der Waals surface area contributed by atoms with Gasteiger partial charge in [0.2, 0.25) is 0 Å². The number of rotatable bonds is 3. The number of benzene rings is 1. The highest BCUT2D eigenvalue weighted by Crippen LogP contribution is 2.22. The van der Waals surface area contributed by atoms with E-state index in [4.69, 9.17) is 23.2 Å². The van der Waals surface area contributed by atoms with Crippen molar-refractivity contribution in [3.05, 3.63) is 56.6 Å². The fourth-order valence-corrected chi connectivity index (χ4v) is 1.90. The normalized spacial score (nSPS) is 10.8. The lowest BCUT2D eigenvalue weighted by Crippen LogP contribution is -1.94. The molecule has 0 aliphatic heterocycles. The van der Waals surface area contributed by atoms with Crippen LogP contribution >= 0.6 is 39.1 Å². The highest BCUT2D eigenvalue weighted by molar-refractivity contribution is 9.10. The lowest BCUT2D eigenvalue weighted by Gasteiger charge is -2.01. The molecule has 92 valence electrons. The summed E-state index contributed by atoms with van der Waals surface area (Å²) in [6.07, 6.45) is 3.18. The lowest BCUT2D eigenvalue weighted by atomic mass is 10.2. The van der Waals surface area contributed by atoms with Gasteiger partial charge < -0.3 is 0 Å². The van der Waals surface area contributed by atoms with Crippen molar-refractivity contribution in [1.29, 1.82) is 0 Å². The first-order valence-corrected chi connectivity index (χ1v) is 6.56. The van der Waals surface area contributed by atoms with E-state index in [1.165, 1.54) is 6.20 Å². The van der Waals surface area contributed by atoms with Crippen LogP contribution in [0.15, 0.2) is 46.1 Å². The quantitative estimate of drug-likeness (QED) is 0.652. The predicted molar refractivity (Wildman–Crippen MR) is 79.6 cm³/mol. The van der Waals surface area contributed by atoms with Crippen LogP contribution in [0.25, 0.3) is 0 Å². The molecule has 6 heteroatoms. The molecule has 2 rings (SSSR count). The highest BCUT2D eigenvalue weighted by Gasteiger charge is 2.00. The van der Waals surface area contributed by atoms with Crippen LogP contribution in [0.1, 0.15) is 5.56 Å². The summed E-state index contributed by atoms with van der Waals surface area (Å²) in [5, 5.41) is 4.97. The average Bonchev–Trinajstić information content (AvgIpc) is 2.34. The fraction of sp³-hybridized carbons (Fsp3) is 0. The summed E-state index contributed by atoms with van der Waals surface area (Å²) in [7, 11) is 0. The van der Waals surface area contributed by atoms with E-state index in [-0.39, 0.29) is 0 Å². The highest BCUT2D eigenvalue weighted by atomic mass is 79.9. The van der Waals surface area contributed by atoms with Crippen LogP contribution in [0.2, 0.25) is 10.0 Å². The van der Waals surface area contributed by atoms with Gasteiger partial charge in [-0.3, -0.25) is 5.43 Å². The van der Waals surface area contributed by atoms with Crippen molar-refractivity contribution in [2.75, 3.05) is 5.43 Å². The number of aromatic nitrogens is 1. The number of nitrogens with one attached hydrogen (secondary N) is 1. The maximum Gasteiger partial charge on any atom is 0.165 e. The third-order valence-corrected chi connectivity index (χ3v) is 3.09. The van der Waals surface area contributed by atoms with Gasteiger partial charge in [0.15, 0.2) is 5.82 Å². The Morgan fingerprint density at radius 3 is 2.61 bits per heavy atom. The minimum atomic E-state index is 0.426. The SMILES string of the molecule is Clc1cnc(N/N=C\c2ccc(Br)cc2)c(Cl)c1. The van der Waals surface area contributed by atoms with Crippen LogP contribution in [0, 0.1) is 0 Å². The number of nitrogens with zero attached hydrogens (tertiary/aromatic N) is 2. The maximum atomic E-state index is 5.94. The number of hydrogen-bond acceptors (Lipinski definition) is 3. The molecule has 0 radical (unpaired) electrons. The zero-order valence-electron chi connectivity index (χ0n) is 9.07. The Kier molecular flexibility index (Phi) is 4.58. The summed E-state index contributed by atoms with van der Waals surface area (Å²) >= 11 is 15.1. The van der Waals surface area contributed by atoms with Gasteiger partial charge >= 0.3 is 0 Å². The number of pyridine rings is 1. The summed E-state index contributed by atoms with van der Waals surface area (Å²) in [4.78, 5) is 4.03. The van der Waals surface area contributed by atoms with Crippen LogP contribution in [0.5, 0.6) is 0 Å². The standard InChI is InChI=1S/C12H8BrCl2N3/c13-9-3-1-8(2-4-9)6-17-18-12-11(15)5-10(14)7-16-12/h1-7H,(H,16,18)/b17-6-. The molecule has 0 saturated heterocycles. The number of hydrogen-bond donors (Lipinski definition) is 1. The molecule has 3 nitrogen and oxygen atoms in total. The van der Waals surface area contributed by atoms with E-state index in [1.54, 1.807) is 12.3 Å². The topological polar surface area (TPSA) is 37.3 Å². The van der Waals surface area contributed by atoms with Crippen LogP contribution < -0.4 is 5.43 Å². The number of anilines is 1. The third-order valence-electron chi connectivity index (χ3n) is 2.06. The van der Waals surface area contributed by atoms with Gasteiger partial charge in [-0.1, -0.05) is 51.3 Å². The largest absolute Gasteiger partial charge is 0.260 e. The van der Waals surface area contributed by atoms with E-state index in [9.17, 15) is 0 Å². The van der Waals surface area contributed by atoms with Crippen molar-refractivity contribution in [3.8, 4) is 0 Å². The summed E-state index contributed by atoms with van der Waals surface area (Å²) in [5.74, 6) is 0.467. The number of hydrazone groups is 1. The first-order chi connectivity index (χ1) is 8.65. The Morgan fingerprint density at radius 1 is 1.22 bits per heavy atom. The van der Waals surface area contributed by atoms with E-state index in [1.807, 2.05) is 24.3 Å². The summed E-state index contributed by atoms with van der Waals surface area (Å²) in [6, 6.07) is 9.36. The van der Waals surface area contributed by atoms with Gasteiger partial charge in [0.05, 0.1) is 16.3 Å². The predicted octanol–water partition coefficient (Wildman–Crippen LogP) is 4.60.